The molecule has 3 N–H and O–H groups in total. The number of aryl methyl sites for hydroxylation is 2. The van der Waals surface area contributed by atoms with E-state index < -0.39 is 0 Å². The summed E-state index contributed by atoms with van der Waals surface area (Å²) in [5.74, 6) is -0.456. The van der Waals surface area contributed by atoms with Crippen LogP contribution in [0.1, 0.15) is 42.4 Å². The molecule has 2 rings (SSSR count). The van der Waals surface area contributed by atoms with Crippen LogP contribution in [0.3, 0.4) is 0 Å². The van der Waals surface area contributed by atoms with E-state index in [2.05, 4.69) is 15.6 Å². The van der Waals surface area contributed by atoms with Crippen molar-refractivity contribution in [1.29, 1.82) is 0 Å². The van der Waals surface area contributed by atoms with Gasteiger partial charge in [0, 0.05) is 16.6 Å². The Bertz CT molecular complexity index is 723. The number of nitrogens with one attached hydrogen (secondary N) is 3. The molecule has 22 heavy (non-hydrogen) atoms. The van der Waals surface area contributed by atoms with Crippen molar-refractivity contribution in [2.75, 3.05) is 6.54 Å². The summed E-state index contributed by atoms with van der Waals surface area (Å²) in [5.41, 5.74) is 3.23. The predicted octanol–water partition coefficient (Wildman–Crippen LogP) is 2.43. The summed E-state index contributed by atoms with van der Waals surface area (Å²) in [6.45, 7) is 9.67. The quantitative estimate of drug-likeness (QED) is 0.814. The third-order valence-electron chi connectivity index (χ3n) is 3.51. The Kier molecular flexibility index (Phi) is 4.26. The van der Waals surface area contributed by atoms with E-state index >= 15 is 0 Å². The Labute approximate surface area is 130 Å². The molecule has 0 atom stereocenters. The van der Waals surface area contributed by atoms with Crippen LogP contribution in [0.15, 0.2) is 18.2 Å². The summed E-state index contributed by atoms with van der Waals surface area (Å²) in [7, 11) is 0. The minimum absolute atomic E-state index is 0.0365. The molecular weight excluding hydrogens is 278 g/mol. The fraction of sp³-hybridized carbons (Fsp3) is 0.412. The average molecular weight is 301 g/mol. The van der Waals surface area contributed by atoms with Gasteiger partial charge in [0.15, 0.2) is 0 Å². The van der Waals surface area contributed by atoms with E-state index in [0.29, 0.717) is 5.56 Å². The summed E-state index contributed by atoms with van der Waals surface area (Å²) in [6, 6.07) is 5.60. The van der Waals surface area contributed by atoms with Gasteiger partial charge in [0.05, 0.1) is 17.6 Å². The highest BCUT2D eigenvalue weighted by Gasteiger charge is 2.17. The van der Waals surface area contributed by atoms with E-state index in [4.69, 9.17) is 0 Å². The Morgan fingerprint density at radius 2 is 1.86 bits per heavy atom. The third kappa shape index (κ3) is 3.47. The maximum atomic E-state index is 12.3. The molecule has 1 aromatic heterocycles. The van der Waals surface area contributed by atoms with Gasteiger partial charge in [-0.2, -0.15) is 0 Å². The van der Waals surface area contributed by atoms with Gasteiger partial charge in [-0.15, -0.1) is 0 Å². The number of carbonyl (C=O) groups excluding carboxylic acids is 2. The zero-order valence-electron chi connectivity index (χ0n) is 13.8. The first-order valence-corrected chi connectivity index (χ1v) is 7.36. The lowest BCUT2D eigenvalue weighted by Gasteiger charge is -2.20. The second-order valence-electron chi connectivity index (χ2n) is 6.58. The predicted molar refractivity (Wildman–Crippen MR) is 88.0 cm³/mol. The fourth-order valence-electron chi connectivity index (χ4n) is 2.39. The van der Waals surface area contributed by atoms with Crippen molar-refractivity contribution < 1.29 is 9.59 Å². The zero-order chi connectivity index (χ0) is 16.5. The van der Waals surface area contributed by atoms with Crippen LogP contribution >= 0.6 is 0 Å². The highest BCUT2D eigenvalue weighted by molar-refractivity contribution is 6.07. The van der Waals surface area contributed by atoms with Crippen molar-refractivity contribution in [1.82, 2.24) is 15.6 Å². The van der Waals surface area contributed by atoms with E-state index in [1.807, 2.05) is 46.8 Å². The number of benzene rings is 1. The second kappa shape index (κ2) is 5.83. The van der Waals surface area contributed by atoms with Crippen molar-refractivity contribution >= 4 is 22.7 Å². The monoisotopic (exact) mass is 301 g/mol. The van der Waals surface area contributed by atoms with Crippen LogP contribution in [0.2, 0.25) is 0 Å². The molecule has 1 aromatic carbocycles. The first-order chi connectivity index (χ1) is 10.2. The number of fused-ring (bicyclic) bond motifs is 1. The van der Waals surface area contributed by atoms with Gasteiger partial charge in [-0.25, -0.2) is 0 Å². The summed E-state index contributed by atoms with van der Waals surface area (Å²) in [5, 5.41) is 6.52. The van der Waals surface area contributed by atoms with Crippen LogP contribution in [0.25, 0.3) is 10.9 Å². The van der Waals surface area contributed by atoms with Gasteiger partial charge in [0.1, 0.15) is 0 Å². The molecule has 2 amide bonds. The molecule has 2 aromatic rings. The average Bonchev–Trinajstić information content (AvgIpc) is 2.70. The van der Waals surface area contributed by atoms with Crippen LogP contribution in [0, 0.1) is 13.8 Å². The van der Waals surface area contributed by atoms with Crippen molar-refractivity contribution in [3.63, 3.8) is 0 Å². The molecule has 0 aliphatic carbocycles. The molecular formula is C17H23N3O2. The first-order valence-electron chi connectivity index (χ1n) is 7.36. The lowest BCUT2D eigenvalue weighted by atomic mass is 10.1. The van der Waals surface area contributed by atoms with Gasteiger partial charge in [-0.05, 0) is 46.2 Å². The molecule has 5 heteroatoms. The normalized spacial score (nSPS) is 11.5. The van der Waals surface area contributed by atoms with Crippen LogP contribution in [-0.4, -0.2) is 28.9 Å². The number of amides is 2. The van der Waals surface area contributed by atoms with Gasteiger partial charge in [0.2, 0.25) is 5.91 Å². The van der Waals surface area contributed by atoms with Crippen LogP contribution in [-0.2, 0) is 4.79 Å². The molecule has 0 radical (unpaired) electrons. The van der Waals surface area contributed by atoms with Crippen molar-refractivity contribution in [2.45, 2.75) is 40.2 Å². The number of hydrogen-bond donors (Lipinski definition) is 3. The van der Waals surface area contributed by atoms with E-state index in [1.54, 1.807) is 6.07 Å². The molecule has 0 bridgehead atoms. The van der Waals surface area contributed by atoms with Crippen LogP contribution in [0.5, 0.6) is 0 Å². The molecule has 0 saturated carbocycles. The molecule has 0 saturated heterocycles. The molecule has 0 fully saturated rings. The summed E-state index contributed by atoms with van der Waals surface area (Å²) in [4.78, 5) is 27.4. The first kappa shape index (κ1) is 16.1. The topological polar surface area (TPSA) is 74.0 Å². The number of aromatic nitrogens is 1. The minimum atomic E-state index is -0.310. The highest BCUT2D eigenvalue weighted by Crippen LogP contribution is 2.24. The number of carbonyl (C=O) groups is 2. The minimum Gasteiger partial charge on any atom is -0.358 e. The number of H-pyrrole nitrogens is 1. The lowest BCUT2D eigenvalue weighted by molar-refractivity contribution is -0.121. The smallest absolute Gasteiger partial charge is 0.253 e. The van der Waals surface area contributed by atoms with E-state index in [9.17, 15) is 9.59 Å². The summed E-state index contributed by atoms with van der Waals surface area (Å²) in [6.07, 6.45) is 0. The van der Waals surface area contributed by atoms with Gasteiger partial charge in [0.25, 0.3) is 5.91 Å². The molecule has 0 aliphatic heterocycles. The Hall–Kier alpha value is -2.30. The van der Waals surface area contributed by atoms with Gasteiger partial charge >= 0.3 is 0 Å². The maximum Gasteiger partial charge on any atom is 0.253 e. The van der Waals surface area contributed by atoms with Gasteiger partial charge in [-0.3, -0.25) is 9.59 Å². The van der Waals surface area contributed by atoms with Crippen molar-refractivity contribution in [2.24, 2.45) is 0 Å². The largest absolute Gasteiger partial charge is 0.358 e. The van der Waals surface area contributed by atoms with Gasteiger partial charge < -0.3 is 15.6 Å². The summed E-state index contributed by atoms with van der Waals surface area (Å²) < 4.78 is 0. The maximum absolute atomic E-state index is 12.3. The van der Waals surface area contributed by atoms with E-state index in [0.717, 1.165) is 22.2 Å². The molecule has 0 spiro atoms. The number of rotatable bonds is 3. The number of para-hydroxylation sites is 1. The molecule has 0 unspecified atom stereocenters. The van der Waals surface area contributed by atoms with E-state index in [-0.39, 0.29) is 23.9 Å². The lowest BCUT2D eigenvalue weighted by Crippen LogP contribution is -2.45. The highest BCUT2D eigenvalue weighted by atomic mass is 16.2. The summed E-state index contributed by atoms with van der Waals surface area (Å²) >= 11 is 0. The third-order valence-corrected chi connectivity index (χ3v) is 3.51. The van der Waals surface area contributed by atoms with Crippen molar-refractivity contribution in [3.05, 3.63) is 35.0 Å². The molecule has 118 valence electrons. The Balaban J connectivity index is 2.14. The molecule has 1 heterocycles. The van der Waals surface area contributed by atoms with Gasteiger partial charge in [-0.1, -0.05) is 12.1 Å². The fourth-order valence-corrected chi connectivity index (χ4v) is 2.39. The molecule has 5 nitrogen and oxygen atoms in total. The van der Waals surface area contributed by atoms with Crippen LogP contribution in [0.4, 0.5) is 0 Å². The number of hydrogen-bond acceptors (Lipinski definition) is 2. The van der Waals surface area contributed by atoms with Crippen molar-refractivity contribution in [3.8, 4) is 0 Å². The Morgan fingerprint density at radius 3 is 2.50 bits per heavy atom. The number of aromatic amines is 1. The zero-order valence-corrected chi connectivity index (χ0v) is 13.8. The second-order valence-corrected chi connectivity index (χ2v) is 6.58. The van der Waals surface area contributed by atoms with Crippen LogP contribution < -0.4 is 10.6 Å². The standard InChI is InChI=1S/C17H23N3O2/c1-10-11(2)19-15-12(10)7-6-8-13(15)16(22)18-9-14(21)20-17(3,4)5/h6-8,19H,9H2,1-5H3,(H,18,22)(H,20,21). The molecule has 0 aliphatic rings. The van der Waals surface area contributed by atoms with E-state index in [1.165, 1.54) is 0 Å². The Morgan fingerprint density at radius 1 is 1.18 bits per heavy atom. The SMILES string of the molecule is Cc1[nH]c2c(C(=O)NCC(=O)NC(C)(C)C)cccc2c1C.